The molecule has 1 aromatic carbocycles. The Morgan fingerprint density at radius 1 is 1.11 bits per heavy atom. The highest BCUT2D eigenvalue weighted by Gasteiger charge is 2.29. The molecule has 0 spiro atoms. The maximum atomic E-state index is 12.5. The lowest BCUT2D eigenvalue weighted by Crippen LogP contribution is -2.13. The van der Waals surface area contributed by atoms with E-state index in [1.807, 2.05) is 0 Å². The smallest absolute Gasteiger partial charge is 0.389 e. The summed E-state index contributed by atoms with van der Waals surface area (Å²) < 4.78 is 37.5. The van der Waals surface area contributed by atoms with Gasteiger partial charge >= 0.3 is 6.18 Å². The van der Waals surface area contributed by atoms with Crippen LogP contribution in [0.4, 0.5) is 13.2 Å². The van der Waals surface area contributed by atoms with Crippen LogP contribution in [0.3, 0.4) is 0 Å². The number of halogens is 3. The zero-order chi connectivity index (χ0) is 21.3. The molecule has 156 valence electrons. The monoisotopic (exact) mass is 394 g/mol. The number of rotatable bonds is 10. The van der Waals surface area contributed by atoms with Crippen LogP contribution in [-0.2, 0) is 6.42 Å². The predicted molar refractivity (Wildman–Crippen MR) is 112 cm³/mol. The van der Waals surface area contributed by atoms with Gasteiger partial charge in [-0.05, 0) is 66.4 Å². The Kier molecular flexibility index (Phi) is 9.57. The van der Waals surface area contributed by atoms with Gasteiger partial charge in [0.25, 0.3) is 0 Å². The molecule has 0 bridgehead atoms. The molecule has 0 aliphatic rings. The van der Waals surface area contributed by atoms with Crippen LogP contribution in [0.25, 0.3) is 0 Å². The SMILES string of the molecule is C=C/C(Cc1ccc(C(C)C)cc1)=C(\C=C(/C)O)CCCC(C)CC(F)(F)F. The van der Waals surface area contributed by atoms with Crippen LogP contribution in [-0.4, -0.2) is 11.3 Å². The number of allylic oxidation sites excluding steroid dienone is 5. The predicted octanol–water partition coefficient (Wildman–Crippen LogP) is 8.06. The molecule has 0 aliphatic heterocycles. The molecule has 0 amide bonds. The minimum atomic E-state index is -4.12. The van der Waals surface area contributed by atoms with Gasteiger partial charge in [0, 0.05) is 6.42 Å². The Balaban J connectivity index is 2.89. The Labute approximate surface area is 167 Å². The molecule has 0 aromatic heterocycles. The minimum absolute atomic E-state index is 0.188. The van der Waals surface area contributed by atoms with Gasteiger partial charge in [-0.15, -0.1) is 0 Å². The van der Waals surface area contributed by atoms with Crippen molar-refractivity contribution in [1.82, 2.24) is 0 Å². The summed E-state index contributed by atoms with van der Waals surface area (Å²) in [6, 6.07) is 8.42. The summed E-state index contributed by atoms with van der Waals surface area (Å²) >= 11 is 0. The largest absolute Gasteiger partial charge is 0.513 e. The molecule has 1 aromatic rings. The molecule has 1 atom stereocenters. The van der Waals surface area contributed by atoms with Crippen LogP contribution in [0.2, 0.25) is 0 Å². The third kappa shape index (κ3) is 9.29. The van der Waals surface area contributed by atoms with E-state index in [-0.39, 0.29) is 5.76 Å². The first-order valence-corrected chi connectivity index (χ1v) is 9.89. The van der Waals surface area contributed by atoms with Gasteiger partial charge in [0.05, 0.1) is 5.76 Å². The van der Waals surface area contributed by atoms with Crippen molar-refractivity contribution < 1.29 is 18.3 Å². The zero-order valence-corrected chi connectivity index (χ0v) is 17.4. The van der Waals surface area contributed by atoms with Crippen molar-refractivity contribution in [2.24, 2.45) is 5.92 Å². The van der Waals surface area contributed by atoms with E-state index < -0.39 is 18.5 Å². The maximum absolute atomic E-state index is 12.5. The van der Waals surface area contributed by atoms with Crippen molar-refractivity contribution in [1.29, 1.82) is 0 Å². The van der Waals surface area contributed by atoms with Crippen molar-refractivity contribution in [3.05, 3.63) is 71.0 Å². The number of hydrogen-bond acceptors (Lipinski definition) is 1. The summed E-state index contributed by atoms with van der Waals surface area (Å²) in [6.07, 6.45) is 1.04. The molecule has 1 unspecified atom stereocenters. The van der Waals surface area contributed by atoms with E-state index in [1.54, 1.807) is 26.0 Å². The Morgan fingerprint density at radius 2 is 1.71 bits per heavy atom. The van der Waals surface area contributed by atoms with E-state index in [1.165, 1.54) is 5.56 Å². The van der Waals surface area contributed by atoms with Crippen LogP contribution in [0, 0.1) is 5.92 Å². The topological polar surface area (TPSA) is 20.2 Å². The van der Waals surface area contributed by atoms with Crippen LogP contribution in [0.1, 0.15) is 70.4 Å². The van der Waals surface area contributed by atoms with Gasteiger partial charge in [0.15, 0.2) is 0 Å². The van der Waals surface area contributed by atoms with E-state index in [9.17, 15) is 18.3 Å². The maximum Gasteiger partial charge on any atom is 0.389 e. The fourth-order valence-corrected chi connectivity index (χ4v) is 3.27. The molecule has 0 saturated carbocycles. The van der Waals surface area contributed by atoms with E-state index in [2.05, 4.69) is 44.7 Å². The summed E-state index contributed by atoms with van der Waals surface area (Å²) in [5, 5.41) is 9.74. The number of benzene rings is 1. The van der Waals surface area contributed by atoms with Gasteiger partial charge in [-0.2, -0.15) is 13.2 Å². The molecule has 1 nitrogen and oxygen atoms in total. The highest BCUT2D eigenvalue weighted by Crippen LogP contribution is 2.29. The second-order valence-corrected chi connectivity index (χ2v) is 7.93. The average molecular weight is 395 g/mol. The lowest BCUT2D eigenvalue weighted by Gasteiger charge is -2.15. The fraction of sp³-hybridized carbons (Fsp3) is 0.500. The molecule has 1 rings (SSSR count). The Bertz CT molecular complexity index is 675. The summed E-state index contributed by atoms with van der Waals surface area (Å²) in [7, 11) is 0. The van der Waals surface area contributed by atoms with Crippen molar-refractivity contribution in [3.8, 4) is 0 Å². The normalized spacial score (nSPS) is 14.8. The number of aliphatic hydroxyl groups excluding tert-OH is 1. The van der Waals surface area contributed by atoms with Gasteiger partial charge in [-0.25, -0.2) is 0 Å². The third-order valence-electron chi connectivity index (χ3n) is 4.81. The molecule has 0 saturated heterocycles. The Morgan fingerprint density at radius 3 is 2.18 bits per heavy atom. The van der Waals surface area contributed by atoms with Gasteiger partial charge in [-0.1, -0.05) is 64.1 Å². The third-order valence-corrected chi connectivity index (χ3v) is 4.81. The molecule has 1 N–H and O–H groups in total. The molecule has 0 aliphatic carbocycles. The van der Waals surface area contributed by atoms with Crippen LogP contribution in [0.5, 0.6) is 0 Å². The van der Waals surface area contributed by atoms with Crippen molar-refractivity contribution in [2.45, 2.75) is 71.9 Å². The second kappa shape index (κ2) is 11.1. The van der Waals surface area contributed by atoms with Gasteiger partial charge in [0.2, 0.25) is 0 Å². The van der Waals surface area contributed by atoms with Crippen molar-refractivity contribution >= 4 is 0 Å². The van der Waals surface area contributed by atoms with Crippen LogP contribution in [0.15, 0.2) is 59.9 Å². The first-order chi connectivity index (χ1) is 13.0. The van der Waals surface area contributed by atoms with Crippen molar-refractivity contribution in [3.63, 3.8) is 0 Å². The first-order valence-electron chi connectivity index (χ1n) is 9.89. The van der Waals surface area contributed by atoms with Gasteiger partial charge in [0.1, 0.15) is 0 Å². The first kappa shape index (κ1) is 24.1. The number of alkyl halides is 3. The van der Waals surface area contributed by atoms with Crippen LogP contribution >= 0.6 is 0 Å². The highest BCUT2D eigenvalue weighted by molar-refractivity contribution is 5.38. The number of hydrogen-bond donors (Lipinski definition) is 1. The second-order valence-electron chi connectivity index (χ2n) is 7.93. The van der Waals surface area contributed by atoms with Gasteiger partial charge in [-0.3, -0.25) is 0 Å². The molecule has 4 heteroatoms. The summed E-state index contributed by atoms with van der Waals surface area (Å²) in [5.74, 6) is 0.252. The summed E-state index contributed by atoms with van der Waals surface area (Å²) in [6.45, 7) is 11.4. The molecule has 28 heavy (non-hydrogen) atoms. The summed E-state index contributed by atoms with van der Waals surface area (Å²) in [4.78, 5) is 0. The number of aliphatic hydroxyl groups is 1. The quantitative estimate of drug-likeness (QED) is 0.314. The van der Waals surface area contributed by atoms with E-state index in [0.29, 0.717) is 31.6 Å². The molecule has 0 fully saturated rings. The van der Waals surface area contributed by atoms with E-state index in [0.717, 1.165) is 16.7 Å². The molecule has 0 heterocycles. The van der Waals surface area contributed by atoms with Crippen LogP contribution < -0.4 is 0 Å². The minimum Gasteiger partial charge on any atom is -0.513 e. The standard InChI is InChI=1S/C24H33F3O/c1-6-21(15-20-10-12-22(13-11-20)17(2)3)23(14-19(5)28)9-7-8-18(4)16-24(25,26)27/h6,10-14,17-18,28H,1,7-9,15-16H2,2-5H3/b19-14+,23-21+. The average Bonchev–Trinajstić information content (AvgIpc) is 2.57. The summed E-state index contributed by atoms with van der Waals surface area (Å²) in [5.41, 5.74) is 4.35. The molecule has 0 radical (unpaired) electrons. The van der Waals surface area contributed by atoms with E-state index >= 15 is 0 Å². The zero-order valence-electron chi connectivity index (χ0n) is 17.4. The Hall–Kier alpha value is -1.97. The van der Waals surface area contributed by atoms with Gasteiger partial charge < -0.3 is 5.11 Å². The molecular weight excluding hydrogens is 361 g/mol. The lowest BCUT2D eigenvalue weighted by atomic mass is 9.92. The molecular formula is C24H33F3O. The van der Waals surface area contributed by atoms with E-state index in [4.69, 9.17) is 0 Å². The van der Waals surface area contributed by atoms with Crippen molar-refractivity contribution in [2.75, 3.05) is 0 Å². The highest BCUT2D eigenvalue weighted by atomic mass is 19.4. The fourth-order valence-electron chi connectivity index (χ4n) is 3.27. The lowest BCUT2D eigenvalue weighted by molar-refractivity contribution is -0.143.